The molecule has 0 aliphatic carbocycles. The topological polar surface area (TPSA) is 29.1 Å². The van der Waals surface area contributed by atoms with E-state index in [4.69, 9.17) is 23.2 Å². The number of carbonyl (C=O) groups excluding carboxylic acids is 1. The van der Waals surface area contributed by atoms with Gasteiger partial charge in [-0.15, -0.1) is 0 Å². The molecule has 2 aromatic rings. The fourth-order valence-corrected chi connectivity index (χ4v) is 2.44. The van der Waals surface area contributed by atoms with Crippen molar-refractivity contribution in [3.8, 4) is 0 Å². The van der Waals surface area contributed by atoms with Gasteiger partial charge in [-0.05, 0) is 29.8 Å². The Morgan fingerprint density at radius 3 is 2.63 bits per heavy atom. The van der Waals surface area contributed by atoms with Gasteiger partial charge >= 0.3 is 0 Å². The summed E-state index contributed by atoms with van der Waals surface area (Å²) in [6.07, 6.45) is 0. The van der Waals surface area contributed by atoms with Crippen LogP contribution >= 0.6 is 39.1 Å². The molecule has 1 amide bonds. The number of halogens is 3. The molecule has 19 heavy (non-hydrogen) atoms. The number of nitrogens with one attached hydrogen (secondary N) is 1. The van der Waals surface area contributed by atoms with Gasteiger partial charge < -0.3 is 5.32 Å². The van der Waals surface area contributed by atoms with Crippen LogP contribution in [-0.2, 0) is 6.54 Å². The summed E-state index contributed by atoms with van der Waals surface area (Å²) in [5.74, 6) is -0.243. The highest BCUT2D eigenvalue weighted by Gasteiger charge is 2.12. The molecule has 0 fully saturated rings. The van der Waals surface area contributed by atoms with E-state index >= 15 is 0 Å². The van der Waals surface area contributed by atoms with Crippen LogP contribution in [0.2, 0.25) is 10.0 Å². The van der Waals surface area contributed by atoms with Gasteiger partial charge in [0.1, 0.15) is 0 Å². The number of carbonyl (C=O) groups is 1. The Bertz CT molecular complexity index is 616. The van der Waals surface area contributed by atoms with Gasteiger partial charge in [0.25, 0.3) is 5.91 Å². The van der Waals surface area contributed by atoms with Crippen molar-refractivity contribution in [2.75, 3.05) is 0 Å². The molecule has 0 spiro atoms. The summed E-state index contributed by atoms with van der Waals surface area (Å²) in [5, 5.41) is 3.45. The molecule has 0 bridgehead atoms. The normalized spacial score (nSPS) is 10.3. The van der Waals surface area contributed by atoms with Crippen LogP contribution in [0.1, 0.15) is 15.9 Å². The second kappa shape index (κ2) is 6.42. The molecule has 0 unspecified atom stereocenters. The predicted octanol–water partition coefficient (Wildman–Crippen LogP) is 4.69. The minimum absolute atomic E-state index is 0.243. The lowest BCUT2D eigenvalue weighted by Gasteiger charge is -2.08. The lowest BCUT2D eigenvalue weighted by atomic mass is 10.2. The van der Waals surface area contributed by atoms with Crippen molar-refractivity contribution in [3.05, 3.63) is 68.1 Å². The monoisotopic (exact) mass is 357 g/mol. The molecule has 0 heterocycles. The number of hydrogen-bond donors (Lipinski definition) is 1. The first kappa shape index (κ1) is 14.4. The van der Waals surface area contributed by atoms with E-state index in [1.54, 1.807) is 18.2 Å². The Labute approximate surface area is 129 Å². The zero-order valence-corrected chi connectivity index (χ0v) is 12.9. The first-order valence-electron chi connectivity index (χ1n) is 5.54. The zero-order chi connectivity index (χ0) is 13.8. The van der Waals surface area contributed by atoms with Crippen LogP contribution in [0.25, 0.3) is 0 Å². The fourth-order valence-electron chi connectivity index (χ4n) is 1.60. The SMILES string of the molecule is O=C(NCc1cccc(Br)c1)c1cccc(Cl)c1Cl. The zero-order valence-electron chi connectivity index (χ0n) is 9.79. The quantitative estimate of drug-likeness (QED) is 0.847. The van der Waals surface area contributed by atoms with Gasteiger partial charge in [0.15, 0.2) is 0 Å². The van der Waals surface area contributed by atoms with E-state index in [0.717, 1.165) is 10.0 Å². The third kappa shape index (κ3) is 3.72. The molecular weight excluding hydrogens is 349 g/mol. The lowest BCUT2D eigenvalue weighted by Crippen LogP contribution is -2.23. The number of benzene rings is 2. The van der Waals surface area contributed by atoms with Crippen LogP contribution in [-0.4, -0.2) is 5.91 Å². The fraction of sp³-hybridized carbons (Fsp3) is 0.0714. The van der Waals surface area contributed by atoms with Crippen LogP contribution in [0.3, 0.4) is 0 Å². The van der Waals surface area contributed by atoms with Crippen LogP contribution < -0.4 is 5.32 Å². The third-order valence-electron chi connectivity index (χ3n) is 2.54. The molecule has 0 saturated heterocycles. The van der Waals surface area contributed by atoms with Crippen LogP contribution in [0.5, 0.6) is 0 Å². The van der Waals surface area contributed by atoms with Gasteiger partial charge in [0.05, 0.1) is 15.6 Å². The number of amides is 1. The van der Waals surface area contributed by atoms with Crippen molar-refractivity contribution < 1.29 is 4.79 Å². The van der Waals surface area contributed by atoms with Crippen LogP contribution in [0.15, 0.2) is 46.9 Å². The van der Waals surface area contributed by atoms with Gasteiger partial charge in [-0.25, -0.2) is 0 Å². The standard InChI is InChI=1S/C14H10BrCl2NO/c15-10-4-1-3-9(7-10)8-18-14(19)11-5-2-6-12(16)13(11)17/h1-7H,8H2,(H,18,19). The average Bonchev–Trinajstić information content (AvgIpc) is 2.39. The van der Waals surface area contributed by atoms with Crippen molar-refractivity contribution in [3.63, 3.8) is 0 Å². The maximum atomic E-state index is 12.0. The summed E-state index contributed by atoms with van der Waals surface area (Å²) >= 11 is 15.3. The van der Waals surface area contributed by atoms with E-state index < -0.39 is 0 Å². The van der Waals surface area contributed by atoms with Gasteiger partial charge in [0, 0.05) is 11.0 Å². The summed E-state index contributed by atoms with van der Waals surface area (Å²) in [7, 11) is 0. The molecule has 0 radical (unpaired) electrons. The highest BCUT2D eigenvalue weighted by atomic mass is 79.9. The Hall–Kier alpha value is -1.03. The molecule has 2 aromatic carbocycles. The Morgan fingerprint density at radius 1 is 1.16 bits per heavy atom. The number of hydrogen-bond acceptors (Lipinski definition) is 1. The smallest absolute Gasteiger partial charge is 0.253 e. The van der Waals surface area contributed by atoms with E-state index in [2.05, 4.69) is 21.2 Å². The summed E-state index contributed by atoms with van der Waals surface area (Å²) in [6.45, 7) is 0.432. The molecule has 0 aromatic heterocycles. The molecule has 2 nitrogen and oxygen atoms in total. The van der Waals surface area contributed by atoms with Gasteiger partial charge in [-0.2, -0.15) is 0 Å². The van der Waals surface area contributed by atoms with Crippen molar-refractivity contribution in [2.24, 2.45) is 0 Å². The molecule has 0 aliphatic rings. The molecule has 2 rings (SSSR count). The highest BCUT2D eigenvalue weighted by Crippen LogP contribution is 2.25. The minimum Gasteiger partial charge on any atom is -0.348 e. The largest absolute Gasteiger partial charge is 0.348 e. The van der Waals surface area contributed by atoms with E-state index in [9.17, 15) is 4.79 Å². The Kier molecular flexibility index (Phi) is 4.86. The molecule has 98 valence electrons. The van der Waals surface area contributed by atoms with Crippen LogP contribution in [0.4, 0.5) is 0 Å². The molecule has 5 heteroatoms. The van der Waals surface area contributed by atoms with Crippen molar-refractivity contribution >= 4 is 45.0 Å². The summed E-state index contributed by atoms with van der Waals surface area (Å²) < 4.78 is 0.972. The molecule has 0 aliphatic heterocycles. The second-order valence-electron chi connectivity index (χ2n) is 3.91. The summed E-state index contributed by atoms with van der Waals surface area (Å²) in [5.41, 5.74) is 1.38. The summed E-state index contributed by atoms with van der Waals surface area (Å²) in [4.78, 5) is 12.0. The Morgan fingerprint density at radius 2 is 1.89 bits per heavy atom. The maximum Gasteiger partial charge on any atom is 0.253 e. The maximum absolute atomic E-state index is 12.0. The lowest BCUT2D eigenvalue weighted by molar-refractivity contribution is 0.0951. The average molecular weight is 359 g/mol. The molecular formula is C14H10BrCl2NO. The van der Waals surface area contributed by atoms with E-state index in [0.29, 0.717) is 17.1 Å². The van der Waals surface area contributed by atoms with Gasteiger partial charge in [0.2, 0.25) is 0 Å². The highest BCUT2D eigenvalue weighted by molar-refractivity contribution is 9.10. The van der Waals surface area contributed by atoms with Crippen LogP contribution in [0, 0.1) is 0 Å². The third-order valence-corrected chi connectivity index (χ3v) is 3.85. The Balaban J connectivity index is 2.08. The van der Waals surface area contributed by atoms with Gasteiger partial charge in [-0.3, -0.25) is 4.79 Å². The molecule has 1 N–H and O–H groups in total. The first-order valence-corrected chi connectivity index (χ1v) is 7.09. The van der Waals surface area contributed by atoms with Crippen molar-refractivity contribution in [1.29, 1.82) is 0 Å². The van der Waals surface area contributed by atoms with E-state index in [1.807, 2.05) is 24.3 Å². The predicted molar refractivity (Wildman–Crippen MR) is 81.8 cm³/mol. The minimum atomic E-state index is -0.243. The van der Waals surface area contributed by atoms with E-state index in [-0.39, 0.29) is 10.9 Å². The van der Waals surface area contributed by atoms with Gasteiger partial charge in [-0.1, -0.05) is 57.3 Å². The van der Waals surface area contributed by atoms with E-state index in [1.165, 1.54) is 0 Å². The summed E-state index contributed by atoms with van der Waals surface area (Å²) in [6, 6.07) is 12.7. The first-order chi connectivity index (χ1) is 9.08. The molecule has 0 saturated carbocycles. The molecule has 0 atom stereocenters. The van der Waals surface area contributed by atoms with Crippen molar-refractivity contribution in [1.82, 2.24) is 5.32 Å². The van der Waals surface area contributed by atoms with Crippen molar-refractivity contribution in [2.45, 2.75) is 6.54 Å². The number of rotatable bonds is 3. The second-order valence-corrected chi connectivity index (χ2v) is 5.61.